The van der Waals surface area contributed by atoms with Gasteiger partial charge in [-0.15, -0.1) is 0 Å². The number of alkyl halides is 1. The molecule has 3 nitrogen and oxygen atoms in total. The lowest BCUT2D eigenvalue weighted by atomic mass is 9.89. The lowest BCUT2D eigenvalue weighted by Gasteiger charge is -2.15. The molecule has 0 saturated carbocycles. The van der Waals surface area contributed by atoms with E-state index in [1.54, 1.807) is 0 Å². The zero-order valence-corrected chi connectivity index (χ0v) is 8.91. The summed E-state index contributed by atoms with van der Waals surface area (Å²) < 4.78 is 23.4. The number of fused-ring (bicyclic) bond motifs is 1. The van der Waals surface area contributed by atoms with Crippen LogP contribution in [-0.2, 0) is 0 Å². The molecule has 0 aromatic heterocycles. The number of halogens is 1. The summed E-state index contributed by atoms with van der Waals surface area (Å²) >= 11 is 0. The van der Waals surface area contributed by atoms with Crippen molar-refractivity contribution in [2.75, 3.05) is 26.6 Å². The summed E-state index contributed by atoms with van der Waals surface area (Å²) in [5.74, 6) is 1.90. The van der Waals surface area contributed by atoms with Crippen molar-refractivity contribution < 1.29 is 13.9 Å². The van der Waals surface area contributed by atoms with Gasteiger partial charge in [0.25, 0.3) is 0 Å². The molecule has 2 unspecified atom stereocenters. The predicted molar refractivity (Wildman–Crippen MR) is 57.6 cm³/mol. The van der Waals surface area contributed by atoms with E-state index in [2.05, 4.69) is 5.32 Å². The minimum absolute atomic E-state index is 0.0837. The molecule has 0 amide bonds. The van der Waals surface area contributed by atoms with Gasteiger partial charge in [0.05, 0.1) is 6.67 Å². The van der Waals surface area contributed by atoms with E-state index in [1.165, 1.54) is 0 Å². The van der Waals surface area contributed by atoms with Gasteiger partial charge in [0, 0.05) is 24.9 Å². The van der Waals surface area contributed by atoms with Crippen LogP contribution in [0.4, 0.5) is 4.39 Å². The van der Waals surface area contributed by atoms with E-state index in [4.69, 9.17) is 9.47 Å². The van der Waals surface area contributed by atoms with Crippen molar-refractivity contribution in [2.45, 2.75) is 5.92 Å². The first kappa shape index (κ1) is 9.90. The summed E-state index contributed by atoms with van der Waals surface area (Å²) in [7, 11) is 0. The molecule has 0 spiro atoms. The van der Waals surface area contributed by atoms with E-state index < -0.39 is 0 Å². The summed E-state index contributed by atoms with van der Waals surface area (Å²) in [6.07, 6.45) is 0. The van der Waals surface area contributed by atoms with Gasteiger partial charge >= 0.3 is 0 Å². The molecule has 1 aromatic carbocycles. The third kappa shape index (κ3) is 1.53. The maximum absolute atomic E-state index is 12.8. The molecule has 1 saturated heterocycles. The van der Waals surface area contributed by atoms with Gasteiger partial charge in [0.15, 0.2) is 11.5 Å². The highest BCUT2D eigenvalue weighted by Gasteiger charge is 2.29. The topological polar surface area (TPSA) is 30.5 Å². The Bertz CT molecular complexity index is 397. The molecule has 0 radical (unpaired) electrons. The Kier molecular flexibility index (Phi) is 2.44. The van der Waals surface area contributed by atoms with Crippen LogP contribution < -0.4 is 14.8 Å². The van der Waals surface area contributed by atoms with Crippen LogP contribution in [0.5, 0.6) is 11.5 Å². The van der Waals surface area contributed by atoms with Crippen LogP contribution in [0, 0.1) is 5.92 Å². The number of nitrogens with one attached hydrogen (secondary N) is 1. The third-order valence-corrected chi connectivity index (χ3v) is 3.36. The molecule has 16 heavy (non-hydrogen) atoms. The molecule has 2 atom stereocenters. The molecule has 2 heterocycles. The first-order valence-corrected chi connectivity index (χ1v) is 5.54. The molecule has 3 rings (SSSR count). The highest BCUT2D eigenvalue weighted by atomic mass is 19.1. The zero-order valence-electron chi connectivity index (χ0n) is 8.91. The van der Waals surface area contributed by atoms with Crippen molar-refractivity contribution >= 4 is 0 Å². The summed E-state index contributed by atoms with van der Waals surface area (Å²) in [6.45, 7) is 1.62. The number of benzene rings is 1. The van der Waals surface area contributed by atoms with Crippen LogP contribution in [0.1, 0.15) is 11.5 Å². The van der Waals surface area contributed by atoms with Gasteiger partial charge < -0.3 is 14.8 Å². The molecule has 2 aliphatic heterocycles. The van der Waals surface area contributed by atoms with Crippen LogP contribution in [0.3, 0.4) is 0 Å². The van der Waals surface area contributed by atoms with E-state index in [0.29, 0.717) is 0 Å². The Morgan fingerprint density at radius 1 is 1.25 bits per heavy atom. The fourth-order valence-electron chi connectivity index (χ4n) is 2.43. The van der Waals surface area contributed by atoms with E-state index in [9.17, 15) is 4.39 Å². The monoisotopic (exact) mass is 223 g/mol. The minimum Gasteiger partial charge on any atom is -0.454 e. The Morgan fingerprint density at radius 2 is 2.12 bits per heavy atom. The lowest BCUT2D eigenvalue weighted by molar-refractivity contribution is 0.174. The van der Waals surface area contributed by atoms with E-state index in [-0.39, 0.29) is 25.3 Å². The lowest BCUT2D eigenvalue weighted by Crippen LogP contribution is -2.12. The number of hydrogen-bond donors (Lipinski definition) is 1. The van der Waals surface area contributed by atoms with Crippen LogP contribution in [0.25, 0.3) is 0 Å². The van der Waals surface area contributed by atoms with Crippen LogP contribution in [0.2, 0.25) is 0 Å². The van der Waals surface area contributed by atoms with Gasteiger partial charge in [-0.3, -0.25) is 4.39 Å². The molecule has 86 valence electrons. The van der Waals surface area contributed by atoms with Crippen molar-refractivity contribution in [3.8, 4) is 11.5 Å². The van der Waals surface area contributed by atoms with Crippen molar-refractivity contribution in [3.05, 3.63) is 23.8 Å². The van der Waals surface area contributed by atoms with Gasteiger partial charge in [-0.1, -0.05) is 6.07 Å². The van der Waals surface area contributed by atoms with Crippen LogP contribution in [-0.4, -0.2) is 26.6 Å². The highest BCUT2D eigenvalue weighted by molar-refractivity contribution is 5.45. The van der Waals surface area contributed by atoms with E-state index >= 15 is 0 Å². The van der Waals surface area contributed by atoms with Crippen molar-refractivity contribution in [1.29, 1.82) is 0 Å². The van der Waals surface area contributed by atoms with E-state index in [1.807, 2.05) is 18.2 Å². The van der Waals surface area contributed by atoms with Gasteiger partial charge in [-0.25, -0.2) is 0 Å². The number of rotatable bonds is 2. The smallest absolute Gasteiger partial charge is 0.231 e. The zero-order chi connectivity index (χ0) is 11.0. The van der Waals surface area contributed by atoms with Crippen molar-refractivity contribution in [3.63, 3.8) is 0 Å². The molecule has 0 bridgehead atoms. The molecule has 1 fully saturated rings. The average molecular weight is 223 g/mol. The maximum atomic E-state index is 12.8. The van der Waals surface area contributed by atoms with Gasteiger partial charge in [-0.2, -0.15) is 0 Å². The third-order valence-electron chi connectivity index (χ3n) is 3.36. The number of ether oxygens (including phenoxy) is 2. The van der Waals surface area contributed by atoms with Crippen LogP contribution >= 0.6 is 0 Å². The Labute approximate surface area is 93.6 Å². The molecular formula is C12H14FNO2. The second kappa shape index (κ2) is 3.94. The fourth-order valence-corrected chi connectivity index (χ4v) is 2.43. The second-order valence-electron chi connectivity index (χ2n) is 4.29. The minimum atomic E-state index is -0.272. The van der Waals surface area contributed by atoms with Crippen molar-refractivity contribution in [2.24, 2.45) is 5.92 Å². The normalized spacial score (nSPS) is 27.3. The van der Waals surface area contributed by atoms with Gasteiger partial charge in [0.2, 0.25) is 6.79 Å². The largest absolute Gasteiger partial charge is 0.454 e. The molecule has 2 aliphatic rings. The first-order chi connectivity index (χ1) is 7.88. The van der Waals surface area contributed by atoms with Gasteiger partial charge in [-0.05, 0) is 17.7 Å². The average Bonchev–Trinajstić information content (AvgIpc) is 2.96. The Balaban J connectivity index is 1.89. The number of hydrogen-bond acceptors (Lipinski definition) is 3. The SMILES string of the molecule is FCC1CNCC1c1ccc2c(c1)OCO2. The van der Waals surface area contributed by atoms with E-state index in [0.717, 1.165) is 30.2 Å². The summed E-state index contributed by atoms with van der Waals surface area (Å²) in [4.78, 5) is 0. The quantitative estimate of drug-likeness (QED) is 0.827. The van der Waals surface area contributed by atoms with Gasteiger partial charge in [0.1, 0.15) is 0 Å². The molecule has 1 aromatic rings. The summed E-state index contributed by atoms with van der Waals surface area (Å²) in [5.41, 5.74) is 1.14. The Morgan fingerprint density at radius 3 is 3.00 bits per heavy atom. The fraction of sp³-hybridized carbons (Fsp3) is 0.500. The first-order valence-electron chi connectivity index (χ1n) is 5.54. The highest BCUT2D eigenvalue weighted by Crippen LogP contribution is 2.37. The predicted octanol–water partition coefficient (Wildman–Crippen LogP) is 1.69. The molecule has 4 heteroatoms. The Hall–Kier alpha value is -1.29. The standard InChI is InChI=1S/C12H14FNO2/c13-4-9-5-14-6-10(9)8-1-2-11-12(3-8)16-7-15-11/h1-3,9-10,14H,4-7H2. The van der Waals surface area contributed by atoms with Crippen molar-refractivity contribution in [1.82, 2.24) is 5.32 Å². The second-order valence-corrected chi connectivity index (χ2v) is 4.29. The molecule has 1 N–H and O–H groups in total. The summed E-state index contributed by atoms with van der Waals surface area (Å²) in [5, 5.41) is 3.23. The molecular weight excluding hydrogens is 209 g/mol. The molecule has 0 aliphatic carbocycles. The van der Waals surface area contributed by atoms with Crippen LogP contribution in [0.15, 0.2) is 18.2 Å². The maximum Gasteiger partial charge on any atom is 0.231 e. The summed E-state index contributed by atoms with van der Waals surface area (Å²) in [6, 6.07) is 5.89.